The zero-order valence-electron chi connectivity index (χ0n) is 23.4. The molecule has 1 aromatic carbocycles. The van der Waals surface area contributed by atoms with Crippen LogP contribution in [-0.4, -0.2) is 60.8 Å². The highest BCUT2D eigenvalue weighted by molar-refractivity contribution is 6.10. The van der Waals surface area contributed by atoms with Crippen molar-refractivity contribution in [1.29, 1.82) is 0 Å². The van der Waals surface area contributed by atoms with Crippen LogP contribution in [0.5, 0.6) is 0 Å². The summed E-state index contributed by atoms with van der Waals surface area (Å²) >= 11 is 0. The van der Waals surface area contributed by atoms with Gasteiger partial charge in [-0.25, -0.2) is 4.98 Å². The predicted octanol–water partition coefficient (Wildman–Crippen LogP) is 5.36. The van der Waals surface area contributed by atoms with Crippen LogP contribution in [-0.2, 0) is 15.6 Å². The molecule has 1 aromatic heterocycles. The molecule has 37 heavy (non-hydrogen) atoms. The molecule has 1 saturated heterocycles. The third kappa shape index (κ3) is 6.48. The fraction of sp³-hybridized carbons (Fsp3) is 0.516. The molecule has 3 heterocycles. The maximum Gasteiger partial charge on any atom is 0.227 e. The molecule has 2 aromatic rings. The summed E-state index contributed by atoms with van der Waals surface area (Å²) in [5.41, 5.74) is 3.94. The Morgan fingerprint density at radius 2 is 1.51 bits per heavy atom. The van der Waals surface area contributed by atoms with Crippen molar-refractivity contribution in [3.8, 4) is 0 Å². The van der Waals surface area contributed by atoms with Crippen LogP contribution in [0.1, 0.15) is 76.0 Å². The lowest BCUT2D eigenvalue weighted by atomic mass is 9.83. The molecule has 0 bridgehead atoms. The molecular formula is C31H42N4O2. The quantitative estimate of drug-likeness (QED) is 0.515. The summed E-state index contributed by atoms with van der Waals surface area (Å²) < 4.78 is 0. The number of aromatic nitrogens is 1. The third-order valence-corrected chi connectivity index (χ3v) is 7.32. The number of nitrogens with zero attached hydrogens (tertiary/aromatic N) is 4. The van der Waals surface area contributed by atoms with Gasteiger partial charge in [-0.2, -0.15) is 0 Å². The fourth-order valence-electron chi connectivity index (χ4n) is 4.83. The Morgan fingerprint density at radius 1 is 0.838 bits per heavy atom. The van der Waals surface area contributed by atoms with Crippen LogP contribution >= 0.6 is 0 Å². The Hall–Kier alpha value is -2.99. The van der Waals surface area contributed by atoms with Gasteiger partial charge in [0.15, 0.2) is 5.78 Å². The van der Waals surface area contributed by atoms with Crippen molar-refractivity contribution in [3.05, 3.63) is 65.4 Å². The van der Waals surface area contributed by atoms with Crippen molar-refractivity contribution < 1.29 is 9.59 Å². The first-order valence-electron chi connectivity index (χ1n) is 13.5. The van der Waals surface area contributed by atoms with E-state index >= 15 is 0 Å². The number of pyridine rings is 1. The highest BCUT2D eigenvalue weighted by Crippen LogP contribution is 2.31. The van der Waals surface area contributed by atoms with Crippen LogP contribution in [0.2, 0.25) is 0 Å². The number of anilines is 2. The van der Waals surface area contributed by atoms with Gasteiger partial charge in [0.25, 0.3) is 0 Å². The molecule has 4 rings (SSSR count). The molecule has 2 aliphatic rings. The number of Topliss-reactive ketones (excluding diaryl/α,β-unsaturated/α-hetero) is 1. The van der Waals surface area contributed by atoms with E-state index in [0.29, 0.717) is 12.1 Å². The molecule has 0 N–H and O–H groups in total. The van der Waals surface area contributed by atoms with E-state index in [-0.39, 0.29) is 35.4 Å². The van der Waals surface area contributed by atoms with E-state index in [0.717, 1.165) is 49.9 Å². The first kappa shape index (κ1) is 27.1. The molecule has 6 nitrogen and oxygen atoms in total. The molecule has 0 aliphatic carbocycles. The highest BCUT2D eigenvalue weighted by atomic mass is 16.2. The number of piperazine rings is 1. The smallest absolute Gasteiger partial charge is 0.227 e. The van der Waals surface area contributed by atoms with Gasteiger partial charge in [0.1, 0.15) is 5.82 Å². The second-order valence-electron chi connectivity index (χ2n) is 12.3. The molecule has 2 aliphatic heterocycles. The van der Waals surface area contributed by atoms with Crippen molar-refractivity contribution in [1.82, 2.24) is 9.88 Å². The number of para-hydroxylation sites is 1. The van der Waals surface area contributed by atoms with Crippen LogP contribution in [0.4, 0.5) is 11.5 Å². The minimum absolute atomic E-state index is 0.00514. The minimum Gasteiger partial charge on any atom is -0.354 e. The van der Waals surface area contributed by atoms with E-state index < -0.39 is 0 Å². The summed E-state index contributed by atoms with van der Waals surface area (Å²) in [5.74, 6) is 1.14. The van der Waals surface area contributed by atoms with Gasteiger partial charge in [-0.05, 0) is 35.2 Å². The lowest BCUT2D eigenvalue weighted by Gasteiger charge is -2.36. The summed E-state index contributed by atoms with van der Waals surface area (Å²) in [6.45, 7) is 18.6. The molecule has 0 spiro atoms. The molecular weight excluding hydrogens is 460 g/mol. The van der Waals surface area contributed by atoms with Gasteiger partial charge >= 0.3 is 0 Å². The standard InChI is InChI=1S/C31H42N4O2/c1-30(2,3)23-21-27(31(4,5)6)32-28(22-23)34-19-17-33(18-20-34)15-9-10-16-35-25-12-8-7-11-24(25)26(36)13-14-29(35)37/h7-12,21-22H,13-20H2,1-6H3/b10-9+. The number of ketones is 1. The lowest BCUT2D eigenvalue weighted by Crippen LogP contribution is -2.46. The first-order valence-corrected chi connectivity index (χ1v) is 13.5. The maximum absolute atomic E-state index is 12.7. The van der Waals surface area contributed by atoms with Crippen molar-refractivity contribution in [2.24, 2.45) is 0 Å². The first-order chi connectivity index (χ1) is 17.4. The number of amides is 1. The highest BCUT2D eigenvalue weighted by Gasteiger charge is 2.26. The lowest BCUT2D eigenvalue weighted by molar-refractivity contribution is -0.118. The van der Waals surface area contributed by atoms with Gasteiger partial charge in [0.2, 0.25) is 5.91 Å². The van der Waals surface area contributed by atoms with Crippen molar-refractivity contribution in [2.75, 3.05) is 49.1 Å². The van der Waals surface area contributed by atoms with Crippen molar-refractivity contribution >= 4 is 23.2 Å². The van der Waals surface area contributed by atoms with Crippen LogP contribution < -0.4 is 9.80 Å². The third-order valence-electron chi connectivity index (χ3n) is 7.32. The molecule has 1 amide bonds. The summed E-state index contributed by atoms with van der Waals surface area (Å²) in [4.78, 5) is 36.7. The normalized spacial score (nSPS) is 17.9. The Balaban J connectivity index is 1.36. The van der Waals surface area contributed by atoms with E-state index in [1.54, 1.807) is 4.90 Å². The molecule has 198 valence electrons. The van der Waals surface area contributed by atoms with Crippen LogP contribution in [0.25, 0.3) is 0 Å². The summed E-state index contributed by atoms with van der Waals surface area (Å²) in [5, 5.41) is 0. The molecule has 6 heteroatoms. The Morgan fingerprint density at radius 3 is 2.19 bits per heavy atom. The van der Waals surface area contributed by atoms with Crippen molar-refractivity contribution in [3.63, 3.8) is 0 Å². The Kier molecular flexibility index (Phi) is 7.88. The molecule has 0 atom stereocenters. The summed E-state index contributed by atoms with van der Waals surface area (Å²) in [6.07, 6.45) is 4.76. The molecule has 0 unspecified atom stereocenters. The van der Waals surface area contributed by atoms with Crippen molar-refractivity contribution in [2.45, 2.75) is 65.2 Å². The minimum atomic E-state index is 0.00514. The second kappa shape index (κ2) is 10.8. The monoisotopic (exact) mass is 502 g/mol. The van der Waals surface area contributed by atoms with Gasteiger partial charge in [-0.1, -0.05) is 65.8 Å². The van der Waals surface area contributed by atoms with E-state index in [1.165, 1.54) is 5.56 Å². The summed E-state index contributed by atoms with van der Waals surface area (Å²) in [7, 11) is 0. The number of hydrogen-bond acceptors (Lipinski definition) is 5. The van der Waals surface area contributed by atoms with Gasteiger partial charge in [0, 0.05) is 68.8 Å². The summed E-state index contributed by atoms with van der Waals surface area (Å²) in [6, 6.07) is 12.0. The predicted molar refractivity (Wildman–Crippen MR) is 152 cm³/mol. The number of hydrogen-bond donors (Lipinski definition) is 0. The maximum atomic E-state index is 12.7. The van der Waals surface area contributed by atoms with Gasteiger partial charge in [-0.3, -0.25) is 14.5 Å². The van der Waals surface area contributed by atoms with Gasteiger partial charge in [0.05, 0.1) is 5.69 Å². The Bertz CT molecular complexity index is 1130. The average molecular weight is 503 g/mol. The zero-order valence-corrected chi connectivity index (χ0v) is 23.4. The Labute approximate surface area is 222 Å². The number of carbonyl (C=O) groups is 2. The van der Waals surface area contributed by atoms with E-state index in [9.17, 15) is 9.59 Å². The topological polar surface area (TPSA) is 56.8 Å². The van der Waals surface area contributed by atoms with Crippen LogP contribution in [0.15, 0.2) is 48.6 Å². The number of carbonyl (C=O) groups excluding carboxylic acids is 2. The largest absolute Gasteiger partial charge is 0.354 e. The fourth-order valence-corrected chi connectivity index (χ4v) is 4.83. The number of fused-ring (bicyclic) bond motifs is 1. The SMILES string of the molecule is CC(C)(C)c1cc(N2CCN(C/C=C/CN3C(=O)CCC(=O)c4ccccc43)CC2)nc(C(C)(C)C)c1. The number of benzene rings is 1. The van der Waals surface area contributed by atoms with E-state index in [1.807, 2.05) is 24.3 Å². The zero-order chi connectivity index (χ0) is 26.8. The van der Waals surface area contributed by atoms with Crippen LogP contribution in [0.3, 0.4) is 0 Å². The van der Waals surface area contributed by atoms with Gasteiger partial charge < -0.3 is 9.80 Å². The average Bonchev–Trinajstić information content (AvgIpc) is 2.97. The number of rotatable bonds is 5. The molecule has 0 saturated carbocycles. The second-order valence-corrected chi connectivity index (χ2v) is 12.3. The van der Waals surface area contributed by atoms with E-state index in [4.69, 9.17) is 4.98 Å². The van der Waals surface area contributed by atoms with E-state index in [2.05, 4.69) is 75.6 Å². The van der Waals surface area contributed by atoms with Crippen LogP contribution in [0, 0.1) is 0 Å². The molecule has 1 fully saturated rings. The molecule has 0 radical (unpaired) electrons. The van der Waals surface area contributed by atoms with Gasteiger partial charge in [-0.15, -0.1) is 0 Å².